The van der Waals surface area contributed by atoms with E-state index in [1.54, 1.807) is 24.3 Å². The average molecular weight is 292 g/mol. The van der Waals surface area contributed by atoms with Gasteiger partial charge < -0.3 is 15.8 Å². The molecule has 5 heteroatoms. The summed E-state index contributed by atoms with van der Waals surface area (Å²) in [7, 11) is 0. The minimum atomic E-state index is -0.538. The van der Waals surface area contributed by atoms with Gasteiger partial charge >= 0.3 is 5.97 Å². The molecule has 0 fully saturated rings. The van der Waals surface area contributed by atoms with Gasteiger partial charge in [0.15, 0.2) is 0 Å². The van der Waals surface area contributed by atoms with Crippen LogP contribution in [0.5, 0.6) is 0 Å². The maximum atomic E-state index is 11.9. The van der Waals surface area contributed by atoms with Crippen LogP contribution in [0.3, 0.4) is 0 Å². The van der Waals surface area contributed by atoms with Crippen LogP contribution in [-0.4, -0.2) is 24.5 Å². The van der Waals surface area contributed by atoms with E-state index in [9.17, 15) is 9.59 Å². The monoisotopic (exact) mass is 292 g/mol. The second-order valence-corrected chi connectivity index (χ2v) is 5.11. The molecule has 0 aliphatic carbocycles. The zero-order valence-electron chi connectivity index (χ0n) is 12.9. The van der Waals surface area contributed by atoms with Crippen LogP contribution >= 0.6 is 0 Å². The van der Waals surface area contributed by atoms with Gasteiger partial charge in [0.2, 0.25) is 5.91 Å². The van der Waals surface area contributed by atoms with Gasteiger partial charge in [-0.25, -0.2) is 4.79 Å². The van der Waals surface area contributed by atoms with Crippen molar-refractivity contribution in [1.82, 2.24) is 0 Å². The van der Waals surface area contributed by atoms with E-state index < -0.39 is 6.04 Å². The van der Waals surface area contributed by atoms with E-state index in [0.717, 1.165) is 12.8 Å². The number of hydrogen-bond donors (Lipinski definition) is 2. The Hall–Kier alpha value is -1.88. The van der Waals surface area contributed by atoms with Gasteiger partial charge in [0.05, 0.1) is 18.2 Å². The summed E-state index contributed by atoms with van der Waals surface area (Å²) < 4.78 is 5.04. The summed E-state index contributed by atoms with van der Waals surface area (Å²) in [6, 6.07) is 6.06. The van der Waals surface area contributed by atoms with E-state index in [2.05, 4.69) is 5.32 Å². The number of carbonyl (C=O) groups is 2. The Morgan fingerprint density at radius 1 is 1.24 bits per heavy atom. The van der Waals surface area contributed by atoms with Crippen molar-refractivity contribution in [3.05, 3.63) is 29.8 Å². The van der Waals surface area contributed by atoms with Crippen LogP contribution in [-0.2, 0) is 9.53 Å². The van der Waals surface area contributed by atoms with Crippen LogP contribution in [0.4, 0.5) is 5.69 Å². The highest BCUT2D eigenvalue weighted by molar-refractivity contribution is 5.95. The van der Waals surface area contributed by atoms with E-state index >= 15 is 0 Å². The third-order valence-electron chi connectivity index (χ3n) is 3.39. The molecule has 0 saturated carbocycles. The van der Waals surface area contributed by atoms with Crippen molar-refractivity contribution in [1.29, 1.82) is 0 Å². The van der Waals surface area contributed by atoms with Crippen molar-refractivity contribution >= 4 is 17.6 Å². The first-order valence-electron chi connectivity index (χ1n) is 7.33. The Balaban J connectivity index is 2.62. The predicted molar refractivity (Wildman–Crippen MR) is 83.1 cm³/mol. The lowest BCUT2D eigenvalue weighted by atomic mass is 9.99. The smallest absolute Gasteiger partial charge is 0.338 e. The van der Waals surface area contributed by atoms with Gasteiger partial charge in [0.1, 0.15) is 0 Å². The molecule has 5 nitrogen and oxygen atoms in total. The molecule has 0 spiro atoms. The SMILES string of the molecule is CCCOC(=O)c1ccc(NC(=O)[C@@H](N)C(C)CC)cc1. The van der Waals surface area contributed by atoms with Crippen molar-refractivity contribution in [3.63, 3.8) is 0 Å². The summed E-state index contributed by atoms with van der Waals surface area (Å²) in [5, 5.41) is 2.75. The molecule has 21 heavy (non-hydrogen) atoms. The zero-order chi connectivity index (χ0) is 15.8. The number of benzene rings is 1. The number of hydrogen-bond acceptors (Lipinski definition) is 4. The lowest BCUT2D eigenvalue weighted by Gasteiger charge is -2.17. The quantitative estimate of drug-likeness (QED) is 0.757. The highest BCUT2D eigenvalue weighted by Crippen LogP contribution is 2.13. The Bertz CT molecular complexity index is 471. The zero-order valence-corrected chi connectivity index (χ0v) is 12.9. The number of ether oxygens (including phenoxy) is 1. The second-order valence-electron chi connectivity index (χ2n) is 5.11. The van der Waals surface area contributed by atoms with Gasteiger partial charge in [0, 0.05) is 5.69 Å². The van der Waals surface area contributed by atoms with Crippen molar-refractivity contribution in [3.8, 4) is 0 Å². The maximum Gasteiger partial charge on any atom is 0.338 e. The van der Waals surface area contributed by atoms with Gasteiger partial charge in [-0.2, -0.15) is 0 Å². The van der Waals surface area contributed by atoms with E-state index in [-0.39, 0.29) is 17.8 Å². The van der Waals surface area contributed by atoms with Crippen molar-refractivity contribution < 1.29 is 14.3 Å². The Morgan fingerprint density at radius 2 is 1.86 bits per heavy atom. The van der Waals surface area contributed by atoms with E-state index in [4.69, 9.17) is 10.5 Å². The van der Waals surface area contributed by atoms with Crippen LogP contribution in [0.15, 0.2) is 24.3 Å². The van der Waals surface area contributed by atoms with Crippen LogP contribution in [0.25, 0.3) is 0 Å². The van der Waals surface area contributed by atoms with Gasteiger partial charge in [0.25, 0.3) is 0 Å². The fraction of sp³-hybridized carbons (Fsp3) is 0.500. The highest BCUT2D eigenvalue weighted by atomic mass is 16.5. The fourth-order valence-electron chi connectivity index (χ4n) is 1.71. The highest BCUT2D eigenvalue weighted by Gasteiger charge is 2.19. The molecule has 0 heterocycles. The third kappa shape index (κ3) is 5.19. The molecule has 0 aliphatic rings. The first-order chi connectivity index (χ1) is 9.99. The number of rotatable bonds is 7. The van der Waals surface area contributed by atoms with E-state index in [1.807, 2.05) is 20.8 Å². The molecule has 2 atom stereocenters. The molecule has 1 unspecified atom stereocenters. The lowest BCUT2D eigenvalue weighted by Crippen LogP contribution is -2.40. The third-order valence-corrected chi connectivity index (χ3v) is 3.39. The van der Waals surface area contributed by atoms with E-state index in [0.29, 0.717) is 17.9 Å². The minimum Gasteiger partial charge on any atom is -0.462 e. The summed E-state index contributed by atoms with van der Waals surface area (Å²) in [5.41, 5.74) is 6.95. The summed E-state index contributed by atoms with van der Waals surface area (Å²) in [6.45, 7) is 6.28. The summed E-state index contributed by atoms with van der Waals surface area (Å²) >= 11 is 0. The van der Waals surface area contributed by atoms with Gasteiger partial charge in [-0.15, -0.1) is 0 Å². The molecule has 116 valence electrons. The number of anilines is 1. The van der Waals surface area contributed by atoms with Gasteiger partial charge in [-0.1, -0.05) is 27.2 Å². The van der Waals surface area contributed by atoms with Crippen LogP contribution < -0.4 is 11.1 Å². The van der Waals surface area contributed by atoms with E-state index in [1.165, 1.54) is 0 Å². The molecule has 1 aromatic rings. The van der Waals surface area contributed by atoms with Gasteiger partial charge in [-0.3, -0.25) is 4.79 Å². The summed E-state index contributed by atoms with van der Waals surface area (Å²) in [6.07, 6.45) is 1.63. The normalized spacial score (nSPS) is 13.3. The molecular weight excluding hydrogens is 268 g/mol. The van der Waals surface area contributed by atoms with Crippen molar-refractivity contribution in [2.45, 2.75) is 39.7 Å². The van der Waals surface area contributed by atoms with Crippen molar-refractivity contribution in [2.75, 3.05) is 11.9 Å². The molecular formula is C16H24N2O3. The number of amides is 1. The number of nitrogens with one attached hydrogen (secondary N) is 1. The fourth-order valence-corrected chi connectivity index (χ4v) is 1.71. The standard InChI is InChI=1S/C16H24N2O3/c1-4-10-21-16(20)12-6-8-13(9-7-12)18-15(19)14(17)11(3)5-2/h6-9,11,14H,4-5,10,17H2,1-3H3,(H,18,19)/t11?,14-/m0/s1. The van der Waals surface area contributed by atoms with Crippen LogP contribution in [0.1, 0.15) is 44.0 Å². The first kappa shape index (κ1) is 17.2. The topological polar surface area (TPSA) is 81.4 Å². The number of nitrogens with two attached hydrogens (primary N) is 1. The Labute approximate surface area is 125 Å². The predicted octanol–water partition coefficient (Wildman–Crippen LogP) is 2.57. The Kier molecular flexibility index (Phi) is 6.88. The number of carbonyl (C=O) groups excluding carboxylic acids is 2. The molecule has 1 aromatic carbocycles. The second kappa shape index (κ2) is 8.42. The Morgan fingerprint density at radius 3 is 2.38 bits per heavy atom. The first-order valence-corrected chi connectivity index (χ1v) is 7.33. The molecule has 0 aliphatic heterocycles. The molecule has 0 saturated heterocycles. The molecule has 3 N–H and O–H groups in total. The maximum absolute atomic E-state index is 11.9. The van der Waals surface area contributed by atoms with Crippen molar-refractivity contribution in [2.24, 2.45) is 11.7 Å². The molecule has 1 rings (SSSR count). The van der Waals surface area contributed by atoms with Crippen LogP contribution in [0, 0.1) is 5.92 Å². The largest absolute Gasteiger partial charge is 0.462 e. The van der Waals surface area contributed by atoms with Gasteiger partial charge in [-0.05, 0) is 36.6 Å². The number of esters is 1. The summed E-state index contributed by atoms with van der Waals surface area (Å²) in [4.78, 5) is 23.6. The molecule has 0 bridgehead atoms. The van der Waals surface area contributed by atoms with Crippen LogP contribution in [0.2, 0.25) is 0 Å². The minimum absolute atomic E-state index is 0.119. The lowest BCUT2D eigenvalue weighted by molar-refractivity contribution is -0.118. The molecule has 0 aromatic heterocycles. The summed E-state index contributed by atoms with van der Waals surface area (Å²) in [5.74, 6) is -0.454. The molecule has 0 radical (unpaired) electrons. The average Bonchev–Trinajstić information content (AvgIpc) is 2.51. The molecule has 1 amide bonds.